The van der Waals surface area contributed by atoms with Gasteiger partial charge in [-0.3, -0.25) is 9.59 Å². The van der Waals surface area contributed by atoms with E-state index in [4.69, 9.17) is 9.47 Å². The van der Waals surface area contributed by atoms with Crippen molar-refractivity contribution in [1.29, 1.82) is 0 Å². The SMILES string of the molecule is CC(=O)C1CCC(OCCCC(C)CCOC2CCC(C(C)=O)CC2)CC1. The highest BCUT2D eigenvalue weighted by Crippen LogP contribution is 2.28. The van der Waals surface area contributed by atoms with Crippen LogP contribution in [0, 0.1) is 17.8 Å². The summed E-state index contributed by atoms with van der Waals surface area (Å²) in [6.07, 6.45) is 12.3. The van der Waals surface area contributed by atoms with Gasteiger partial charge in [-0.25, -0.2) is 0 Å². The first-order chi connectivity index (χ1) is 13.0. The van der Waals surface area contributed by atoms with Crippen LogP contribution < -0.4 is 0 Å². The minimum Gasteiger partial charge on any atom is -0.378 e. The van der Waals surface area contributed by atoms with E-state index in [1.165, 1.54) is 6.42 Å². The van der Waals surface area contributed by atoms with Crippen LogP contribution in [0.15, 0.2) is 0 Å². The van der Waals surface area contributed by atoms with Crippen molar-refractivity contribution in [3.05, 3.63) is 0 Å². The van der Waals surface area contributed by atoms with Crippen LogP contribution in [0.3, 0.4) is 0 Å². The van der Waals surface area contributed by atoms with E-state index in [9.17, 15) is 9.59 Å². The monoisotopic (exact) mass is 380 g/mol. The van der Waals surface area contributed by atoms with E-state index in [0.29, 0.717) is 29.7 Å². The summed E-state index contributed by atoms with van der Waals surface area (Å²) in [6.45, 7) is 7.42. The minimum absolute atomic E-state index is 0.279. The Hall–Kier alpha value is -0.740. The first kappa shape index (κ1) is 22.5. The second-order valence-corrected chi connectivity index (χ2v) is 8.95. The molecule has 0 aromatic heterocycles. The summed E-state index contributed by atoms with van der Waals surface area (Å²) in [5.74, 6) is 1.91. The largest absolute Gasteiger partial charge is 0.378 e. The summed E-state index contributed by atoms with van der Waals surface area (Å²) in [7, 11) is 0. The molecule has 2 saturated carbocycles. The lowest BCUT2D eigenvalue weighted by atomic mass is 9.85. The number of Topliss-reactive ketones (excluding diaryl/α,β-unsaturated/α-hetero) is 2. The highest BCUT2D eigenvalue weighted by molar-refractivity contribution is 5.78. The van der Waals surface area contributed by atoms with Crippen LogP contribution in [-0.2, 0) is 19.1 Å². The Morgan fingerprint density at radius 1 is 0.741 bits per heavy atom. The van der Waals surface area contributed by atoms with Crippen LogP contribution >= 0.6 is 0 Å². The lowest BCUT2D eigenvalue weighted by molar-refractivity contribution is -0.123. The molecule has 4 heteroatoms. The smallest absolute Gasteiger partial charge is 0.132 e. The van der Waals surface area contributed by atoms with Crippen molar-refractivity contribution in [2.45, 2.75) is 104 Å². The van der Waals surface area contributed by atoms with Crippen molar-refractivity contribution < 1.29 is 19.1 Å². The Labute approximate surface area is 165 Å². The number of ketones is 2. The normalized spacial score (nSPS) is 30.0. The van der Waals surface area contributed by atoms with Crippen molar-refractivity contribution in [3.63, 3.8) is 0 Å². The molecule has 1 atom stereocenters. The molecule has 0 amide bonds. The van der Waals surface area contributed by atoms with Gasteiger partial charge in [0.2, 0.25) is 0 Å². The van der Waals surface area contributed by atoms with Gasteiger partial charge in [-0.2, -0.15) is 0 Å². The molecular formula is C23H40O4. The molecule has 0 N–H and O–H groups in total. The predicted octanol–water partition coefficient (Wildman–Crippen LogP) is 5.12. The Bertz CT molecular complexity index is 445. The quantitative estimate of drug-likeness (QED) is 0.467. The van der Waals surface area contributed by atoms with Gasteiger partial charge in [-0.05, 0) is 90.4 Å². The molecule has 0 heterocycles. The lowest BCUT2D eigenvalue weighted by Gasteiger charge is -2.27. The molecular weight excluding hydrogens is 340 g/mol. The molecule has 0 aliphatic heterocycles. The average molecular weight is 381 g/mol. The van der Waals surface area contributed by atoms with Gasteiger partial charge >= 0.3 is 0 Å². The summed E-state index contributed by atoms with van der Waals surface area (Å²) in [4.78, 5) is 22.8. The zero-order valence-corrected chi connectivity index (χ0v) is 17.7. The second kappa shape index (κ2) is 12.0. The van der Waals surface area contributed by atoms with Gasteiger partial charge in [0.1, 0.15) is 11.6 Å². The van der Waals surface area contributed by atoms with Crippen molar-refractivity contribution >= 4 is 11.6 Å². The summed E-state index contributed by atoms with van der Waals surface area (Å²) < 4.78 is 12.1. The average Bonchev–Trinajstić information content (AvgIpc) is 2.66. The molecule has 27 heavy (non-hydrogen) atoms. The molecule has 2 fully saturated rings. The third kappa shape index (κ3) is 8.43. The van der Waals surface area contributed by atoms with Crippen LogP contribution in [0.5, 0.6) is 0 Å². The first-order valence-corrected chi connectivity index (χ1v) is 11.2. The van der Waals surface area contributed by atoms with Crippen LogP contribution in [0.25, 0.3) is 0 Å². The molecule has 0 spiro atoms. The fraction of sp³-hybridized carbons (Fsp3) is 0.913. The molecule has 1 unspecified atom stereocenters. The van der Waals surface area contributed by atoms with Crippen LogP contribution in [0.2, 0.25) is 0 Å². The van der Waals surface area contributed by atoms with Gasteiger partial charge in [0, 0.05) is 25.0 Å². The Morgan fingerprint density at radius 3 is 1.63 bits per heavy atom. The maximum atomic E-state index is 11.4. The number of carbonyl (C=O) groups is 2. The molecule has 0 saturated heterocycles. The molecule has 0 radical (unpaired) electrons. The number of ether oxygens (including phenoxy) is 2. The highest BCUT2D eigenvalue weighted by Gasteiger charge is 2.25. The van der Waals surface area contributed by atoms with E-state index >= 15 is 0 Å². The molecule has 2 rings (SSSR count). The maximum absolute atomic E-state index is 11.4. The molecule has 2 aliphatic carbocycles. The maximum Gasteiger partial charge on any atom is 0.132 e. The number of rotatable bonds is 11. The molecule has 156 valence electrons. The van der Waals surface area contributed by atoms with Gasteiger partial charge in [0.05, 0.1) is 12.2 Å². The number of hydrogen-bond acceptors (Lipinski definition) is 4. The molecule has 2 aliphatic rings. The highest BCUT2D eigenvalue weighted by atomic mass is 16.5. The van der Waals surface area contributed by atoms with E-state index in [2.05, 4.69) is 6.92 Å². The number of carbonyl (C=O) groups excluding carboxylic acids is 2. The van der Waals surface area contributed by atoms with E-state index < -0.39 is 0 Å². The summed E-state index contributed by atoms with van der Waals surface area (Å²) in [5, 5.41) is 0. The minimum atomic E-state index is 0.279. The van der Waals surface area contributed by atoms with Crippen molar-refractivity contribution in [3.8, 4) is 0 Å². The van der Waals surface area contributed by atoms with Crippen LogP contribution in [0.1, 0.15) is 91.4 Å². The summed E-state index contributed by atoms with van der Waals surface area (Å²) in [5.41, 5.74) is 0. The van der Waals surface area contributed by atoms with E-state index in [1.54, 1.807) is 13.8 Å². The van der Waals surface area contributed by atoms with Gasteiger partial charge in [0.15, 0.2) is 0 Å². The van der Waals surface area contributed by atoms with E-state index in [1.807, 2.05) is 0 Å². The van der Waals surface area contributed by atoms with Crippen molar-refractivity contribution in [2.24, 2.45) is 17.8 Å². The summed E-state index contributed by atoms with van der Waals surface area (Å²) >= 11 is 0. The lowest BCUT2D eigenvalue weighted by Crippen LogP contribution is -2.25. The fourth-order valence-electron chi connectivity index (χ4n) is 4.53. The van der Waals surface area contributed by atoms with E-state index in [-0.39, 0.29) is 11.8 Å². The Kier molecular flexibility index (Phi) is 9.99. The molecule has 4 nitrogen and oxygen atoms in total. The molecule has 0 aromatic carbocycles. The van der Waals surface area contributed by atoms with E-state index in [0.717, 1.165) is 77.4 Å². The Balaban J connectivity index is 1.44. The Morgan fingerprint density at radius 2 is 1.19 bits per heavy atom. The third-order valence-electron chi connectivity index (χ3n) is 6.66. The van der Waals surface area contributed by atoms with Gasteiger partial charge in [-0.1, -0.05) is 6.92 Å². The molecule has 0 aromatic rings. The van der Waals surface area contributed by atoms with Crippen molar-refractivity contribution in [2.75, 3.05) is 13.2 Å². The van der Waals surface area contributed by atoms with Gasteiger partial charge in [-0.15, -0.1) is 0 Å². The molecule has 0 bridgehead atoms. The second-order valence-electron chi connectivity index (χ2n) is 8.95. The standard InChI is InChI=1S/C23H40O4/c1-17(14-16-27-23-12-8-21(9-13-23)19(3)25)5-4-15-26-22-10-6-20(7-11-22)18(2)24/h17,20-23H,4-16H2,1-3H3. The fourth-order valence-corrected chi connectivity index (χ4v) is 4.53. The summed E-state index contributed by atoms with van der Waals surface area (Å²) in [6, 6.07) is 0. The van der Waals surface area contributed by atoms with Crippen LogP contribution in [0.4, 0.5) is 0 Å². The predicted molar refractivity (Wildman–Crippen MR) is 108 cm³/mol. The van der Waals surface area contributed by atoms with Gasteiger partial charge in [0.25, 0.3) is 0 Å². The zero-order chi connectivity index (χ0) is 19.6. The third-order valence-corrected chi connectivity index (χ3v) is 6.66. The zero-order valence-electron chi connectivity index (χ0n) is 17.7. The van der Waals surface area contributed by atoms with Gasteiger partial charge < -0.3 is 9.47 Å². The van der Waals surface area contributed by atoms with Crippen LogP contribution in [-0.4, -0.2) is 37.0 Å². The van der Waals surface area contributed by atoms with Crippen molar-refractivity contribution in [1.82, 2.24) is 0 Å². The number of hydrogen-bond donors (Lipinski definition) is 0. The topological polar surface area (TPSA) is 52.6 Å². The first-order valence-electron chi connectivity index (χ1n) is 11.2.